The van der Waals surface area contributed by atoms with E-state index in [-0.39, 0.29) is 22.2 Å². The molecule has 0 saturated heterocycles. The molecule has 16 heteroatoms. The van der Waals surface area contributed by atoms with Crippen molar-refractivity contribution in [1.82, 2.24) is 30.0 Å². The van der Waals surface area contributed by atoms with Crippen molar-refractivity contribution in [2.45, 2.75) is 38.8 Å². The number of aliphatic hydroxyl groups excluding tert-OH is 1. The maximum atomic E-state index is 13.1. The number of ether oxygens (including phenoxy) is 1. The highest BCUT2D eigenvalue weighted by Crippen LogP contribution is 2.25. The number of hydrogen-bond acceptors (Lipinski definition) is 8. The number of urea groups is 1. The van der Waals surface area contributed by atoms with Gasteiger partial charge in [-0.3, -0.25) is 20.1 Å². The van der Waals surface area contributed by atoms with Gasteiger partial charge in [-0.05, 0) is 37.3 Å². The Morgan fingerprint density at radius 2 is 1.90 bits per heavy atom. The number of pyridine rings is 1. The topological polar surface area (TPSA) is 146 Å². The lowest BCUT2D eigenvalue weighted by Gasteiger charge is -2.26. The lowest BCUT2D eigenvalue weighted by molar-refractivity contribution is -0.204. The molecular weight excluding hydrogens is 566 g/mol. The minimum Gasteiger partial charge on any atom is -0.455 e. The SMILES string of the molecule is CC(=O)O[C@@H](C)c1nc(CNC(=O)N(C[C@H](O)C(F)(F)F)C(=N)c2ccc(Cl)cc2)nn1-c1ccncc1Cl. The summed E-state index contributed by atoms with van der Waals surface area (Å²) in [4.78, 5) is 33.1. The molecule has 0 saturated carbocycles. The van der Waals surface area contributed by atoms with Gasteiger partial charge in [0.25, 0.3) is 0 Å². The summed E-state index contributed by atoms with van der Waals surface area (Å²) in [6.07, 6.45) is -6.05. The van der Waals surface area contributed by atoms with Crippen LogP contribution in [0.2, 0.25) is 10.0 Å². The number of benzene rings is 1. The fourth-order valence-electron chi connectivity index (χ4n) is 3.29. The number of amides is 2. The molecule has 2 atom stereocenters. The van der Waals surface area contributed by atoms with Crippen LogP contribution in [0.3, 0.4) is 0 Å². The highest BCUT2D eigenvalue weighted by molar-refractivity contribution is 6.32. The van der Waals surface area contributed by atoms with E-state index in [1.165, 1.54) is 61.3 Å². The molecule has 0 unspecified atom stereocenters. The van der Waals surface area contributed by atoms with Crippen molar-refractivity contribution in [3.8, 4) is 5.69 Å². The van der Waals surface area contributed by atoms with Crippen molar-refractivity contribution in [3.05, 3.63) is 70.0 Å². The second kappa shape index (κ2) is 12.4. The van der Waals surface area contributed by atoms with E-state index >= 15 is 0 Å². The molecule has 3 N–H and O–H groups in total. The quantitative estimate of drug-likeness (QED) is 0.204. The molecular formula is C23H22Cl2F3N7O4. The van der Waals surface area contributed by atoms with Crippen molar-refractivity contribution in [3.63, 3.8) is 0 Å². The molecule has 0 fully saturated rings. The number of alkyl halides is 3. The highest BCUT2D eigenvalue weighted by atomic mass is 35.5. The molecule has 0 aliphatic rings. The van der Waals surface area contributed by atoms with E-state index in [0.29, 0.717) is 15.6 Å². The van der Waals surface area contributed by atoms with Crippen LogP contribution >= 0.6 is 23.2 Å². The first-order chi connectivity index (χ1) is 18.3. The van der Waals surface area contributed by atoms with Crippen molar-refractivity contribution in [2.24, 2.45) is 0 Å². The molecule has 2 heterocycles. The first-order valence-corrected chi connectivity index (χ1v) is 11.9. The summed E-state index contributed by atoms with van der Waals surface area (Å²) in [5.74, 6) is -1.08. The van der Waals surface area contributed by atoms with Crippen LogP contribution in [-0.2, 0) is 16.1 Å². The van der Waals surface area contributed by atoms with E-state index in [0.717, 1.165) is 0 Å². The summed E-state index contributed by atoms with van der Waals surface area (Å²) in [6, 6.07) is 5.87. The van der Waals surface area contributed by atoms with E-state index in [1.807, 2.05) is 0 Å². The van der Waals surface area contributed by atoms with Crippen molar-refractivity contribution < 1.29 is 32.6 Å². The second-order valence-corrected chi connectivity index (χ2v) is 8.90. The molecule has 3 rings (SSSR count). The van der Waals surface area contributed by atoms with E-state index < -0.39 is 49.3 Å². The van der Waals surface area contributed by atoms with Gasteiger partial charge in [0, 0.05) is 29.9 Å². The number of esters is 1. The molecule has 3 aromatic rings. The van der Waals surface area contributed by atoms with Crippen LogP contribution in [0.4, 0.5) is 18.0 Å². The number of amidine groups is 1. The van der Waals surface area contributed by atoms with Gasteiger partial charge in [0.2, 0.25) is 0 Å². The Labute approximate surface area is 230 Å². The van der Waals surface area contributed by atoms with Gasteiger partial charge in [-0.2, -0.15) is 13.2 Å². The predicted molar refractivity (Wildman–Crippen MR) is 134 cm³/mol. The Hall–Kier alpha value is -3.75. The average Bonchev–Trinajstić information content (AvgIpc) is 3.29. The van der Waals surface area contributed by atoms with E-state index in [4.69, 9.17) is 33.3 Å². The first-order valence-electron chi connectivity index (χ1n) is 11.2. The fraction of sp³-hybridized carbons (Fsp3) is 0.304. The summed E-state index contributed by atoms with van der Waals surface area (Å²) >= 11 is 12.1. The normalized spacial score (nSPS) is 12.9. The maximum absolute atomic E-state index is 13.1. The third-order valence-electron chi connectivity index (χ3n) is 5.13. The maximum Gasteiger partial charge on any atom is 0.416 e. The number of halogens is 5. The van der Waals surface area contributed by atoms with Gasteiger partial charge in [0.1, 0.15) is 5.84 Å². The van der Waals surface area contributed by atoms with Crippen LogP contribution < -0.4 is 5.32 Å². The lowest BCUT2D eigenvalue weighted by Crippen LogP contribution is -2.50. The molecule has 2 aromatic heterocycles. The predicted octanol–water partition coefficient (Wildman–Crippen LogP) is 4.05. The second-order valence-electron chi connectivity index (χ2n) is 8.06. The van der Waals surface area contributed by atoms with Crippen molar-refractivity contribution in [2.75, 3.05) is 6.54 Å². The Morgan fingerprint density at radius 3 is 2.49 bits per heavy atom. The molecule has 39 heavy (non-hydrogen) atoms. The van der Waals surface area contributed by atoms with E-state index in [2.05, 4.69) is 20.4 Å². The van der Waals surface area contributed by atoms with Crippen LogP contribution in [0, 0.1) is 5.41 Å². The lowest BCUT2D eigenvalue weighted by atomic mass is 10.2. The highest BCUT2D eigenvalue weighted by Gasteiger charge is 2.41. The monoisotopic (exact) mass is 587 g/mol. The van der Waals surface area contributed by atoms with Crippen LogP contribution in [-0.4, -0.2) is 66.4 Å². The third kappa shape index (κ3) is 7.65. The summed E-state index contributed by atoms with van der Waals surface area (Å²) in [5, 5.41) is 25.1. The molecule has 0 aliphatic carbocycles. The minimum atomic E-state index is -5.04. The Kier molecular flexibility index (Phi) is 9.48. The summed E-state index contributed by atoms with van der Waals surface area (Å²) in [7, 11) is 0. The van der Waals surface area contributed by atoms with Gasteiger partial charge in [-0.25, -0.2) is 14.5 Å². The number of nitrogens with one attached hydrogen (secondary N) is 2. The van der Waals surface area contributed by atoms with E-state index in [9.17, 15) is 27.9 Å². The minimum absolute atomic E-state index is 0.0143. The van der Waals surface area contributed by atoms with Crippen LogP contribution in [0.1, 0.15) is 37.2 Å². The van der Waals surface area contributed by atoms with Crippen molar-refractivity contribution >= 4 is 41.0 Å². The molecule has 0 spiro atoms. The number of aromatic nitrogens is 4. The number of nitrogens with zero attached hydrogens (tertiary/aromatic N) is 5. The van der Waals surface area contributed by atoms with Crippen LogP contribution in [0.25, 0.3) is 5.69 Å². The number of rotatable bonds is 8. The Balaban J connectivity index is 1.88. The van der Waals surface area contributed by atoms with Crippen LogP contribution in [0.5, 0.6) is 0 Å². The smallest absolute Gasteiger partial charge is 0.416 e. The summed E-state index contributed by atoms with van der Waals surface area (Å²) in [5.41, 5.74) is 0.418. The first kappa shape index (κ1) is 29.8. The van der Waals surface area contributed by atoms with Crippen LogP contribution in [0.15, 0.2) is 42.7 Å². The van der Waals surface area contributed by atoms with Gasteiger partial charge in [0.15, 0.2) is 23.9 Å². The molecule has 0 bridgehead atoms. The standard InChI is InChI=1S/C23H22Cl2F3N7O4/c1-12(39-13(2)36)21-32-19(33-35(21)17-7-8-30-9-16(17)25)10-31-22(38)34(11-18(37)23(26,27)28)20(29)14-3-5-15(24)6-4-14/h3-9,12,18,29,37H,10-11H2,1-2H3,(H,31,38)/t12-,18-/m0/s1. The molecule has 0 radical (unpaired) electrons. The van der Waals surface area contributed by atoms with Gasteiger partial charge in [-0.15, -0.1) is 5.10 Å². The van der Waals surface area contributed by atoms with E-state index in [1.54, 1.807) is 0 Å². The molecule has 11 nitrogen and oxygen atoms in total. The summed E-state index contributed by atoms with van der Waals surface area (Å²) < 4.78 is 45.7. The zero-order valence-corrected chi connectivity index (χ0v) is 21.9. The largest absolute Gasteiger partial charge is 0.455 e. The molecule has 208 valence electrons. The third-order valence-corrected chi connectivity index (χ3v) is 5.67. The molecule has 0 aliphatic heterocycles. The number of hydrogen-bond donors (Lipinski definition) is 3. The van der Waals surface area contributed by atoms with Gasteiger partial charge in [-0.1, -0.05) is 23.2 Å². The number of carbonyl (C=O) groups excluding carboxylic acids is 2. The average molecular weight is 588 g/mol. The zero-order chi connectivity index (χ0) is 28.9. The van der Waals surface area contributed by atoms with Crippen molar-refractivity contribution in [1.29, 1.82) is 5.41 Å². The zero-order valence-electron chi connectivity index (χ0n) is 20.4. The fourth-order valence-corrected chi connectivity index (χ4v) is 3.62. The molecule has 2 amide bonds. The molecule has 1 aromatic carbocycles. The van der Waals surface area contributed by atoms with Gasteiger partial charge in [0.05, 0.1) is 23.8 Å². The Morgan fingerprint density at radius 1 is 1.23 bits per heavy atom. The number of carbonyl (C=O) groups is 2. The van der Waals surface area contributed by atoms with Gasteiger partial charge < -0.3 is 15.2 Å². The summed E-state index contributed by atoms with van der Waals surface area (Å²) in [6.45, 7) is 1.09. The Bertz CT molecular complexity index is 1350. The van der Waals surface area contributed by atoms with Gasteiger partial charge >= 0.3 is 18.2 Å². The number of aliphatic hydroxyl groups is 1.